The largest absolute Gasteiger partial charge is 0.405 e. The van der Waals surface area contributed by atoms with E-state index < -0.39 is 12.2 Å². The summed E-state index contributed by atoms with van der Waals surface area (Å²) in [6.45, 7) is 2.19. The van der Waals surface area contributed by atoms with Crippen LogP contribution in [0, 0.1) is 0 Å². The molecule has 6 heteroatoms. The zero-order chi connectivity index (χ0) is 11.6. The van der Waals surface area contributed by atoms with Crippen LogP contribution in [0.15, 0.2) is 0 Å². The van der Waals surface area contributed by atoms with Gasteiger partial charge < -0.3 is 10.1 Å². The first-order valence-corrected chi connectivity index (χ1v) is 5.70. The summed E-state index contributed by atoms with van der Waals surface area (Å²) >= 11 is 0. The molecular formula is C10H17F3N2O. The third-order valence-corrected chi connectivity index (χ3v) is 3.26. The number of nitrogens with one attached hydrogen (secondary N) is 1. The smallest absolute Gasteiger partial charge is 0.380 e. The van der Waals surface area contributed by atoms with E-state index in [1.807, 2.05) is 0 Å². The number of ether oxygens (including phenoxy) is 1. The first-order chi connectivity index (χ1) is 7.59. The van der Waals surface area contributed by atoms with Gasteiger partial charge in [0.1, 0.15) is 6.04 Å². The van der Waals surface area contributed by atoms with Crippen molar-refractivity contribution in [3.8, 4) is 0 Å². The monoisotopic (exact) mass is 238 g/mol. The summed E-state index contributed by atoms with van der Waals surface area (Å²) < 4.78 is 43.9. The average Bonchev–Trinajstić information content (AvgIpc) is 2.60. The molecule has 0 spiro atoms. The summed E-state index contributed by atoms with van der Waals surface area (Å²) in [6.07, 6.45) is -2.67. The summed E-state index contributed by atoms with van der Waals surface area (Å²) in [5, 5.41) is 2.85. The van der Waals surface area contributed by atoms with Crippen LogP contribution in [-0.2, 0) is 4.74 Å². The van der Waals surface area contributed by atoms with Crippen molar-refractivity contribution < 1.29 is 17.9 Å². The minimum atomic E-state index is -4.15. The molecule has 1 N–H and O–H groups in total. The Morgan fingerprint density at radius 1 is 1.31 bits per heavy atom. The Bertz CT molecular complexity index is 229. The van der Waals surface area contributed by atoms with Crippen LogP contribution in [-0.4, -0.2) is 56.0 Å². The lowest BCUT2D eigenvalue weighted by molar-refractivity contribution is -0.186. The molecule has 0 aromatic carbocycles. The Balaban J connectivity index is 2.09. The van der Waals surface area contributed by atoms with Crippen molar-refractivity contribution in [1.29, 1.82) is 0 Å². The van der Waals surface area contributed by atoms with E-state index in [9.17, 15) is 13.2 Å². The van der Waals surface area contributed by atoms with Crippen LogP contribution in [0.25, 0.3) is 0 Å². The normalized spacial score (nSPS) is 33.9. The molecule has 2 aliphatic rings. The van der Waals surface area contributed by atoms with Crippen LogP contribution < -0.4 is 5.32 Å². The summed E-state index contributed by atoms with van der Waals surface area (Å²) in [5.74, 6) is 0. The number of hydrogen-bond acceptors (Lipinski definition) is 3. The zero-order valence-corrected chi connectivity index (χ0v) is 9.09. The number of rotatable bonds is 1. The molecule has 0 amide bonds. The van der Waals surface area contributed by atoms with Crippen molar-refractivity contribution in [3.05, 3.63) is 0 Å². The second-order valence-electron chi connectivity index (χ2n) is 4.37. The van der Waals surface area contributed by atoms with E-state index in [2.05, 4.69) is 5.32 Å². The quantitative estimate of drug-likeness (QED) is 0.737. The van der Waals surface area contributed by atoms with Gasteiger partial charge in [-0.15, -0.1) is 0 Å². The third-order valence-electron chi connectivity index (χ3n) is 3.26. The van der Waals surface area contributed by atoms with Gasteiger partial charge in [-0.2, -0.15) is 13.2 Å². The van der Waals surface area contributed by atoms with Gasteiger partial charge in [0.2, 0.25) is 0 Å². The fourth-order valence-corrected chi connectivity index (χ4v) is 2.42. The van der Waals surface area contributed by atoms with Crippen molar-refractivity contribution in [2.45, 2.75) is 31.1 Å². The van der Waals surface area contributed by atoms with Crippen molar-refractivity contribution >= 4 is 0 Å². The fourth-order valence-electron chi connectivity index (χ4n) is 2.42. The van der Waals surface area contributed by atoms with Crippen LogP contribution >= 0.6 is 0 Å². The van der Waals surface area contributed by atoms with Gasteiger partial charge in [-0.1, -0.05) is 0 Å². The second-order valence-corrected chi connectivity index (χ2v) is 4.37. The van der Waals surface area contributed by atoms with Crippen molar-refractivity contribution in [1.82, 2.24) is 10.2 Å². The van der Waals surface area contributed by atoms with E-state index in [-0.39, 0.29) is 12.6 Å². The summed E-state index contributed by atoms with van der Waals surface area (Å²) in [5.41, 5.74) is 0. The van der Waals surface area contributed by atoms with Crippen LogP contribution in [0.1, 0.15) is 12.8 Å². The minimum Gasteiger partial charge on any atom is -0.380 e. The number of alkyl halides is 3. The third kappa shape index (κ3) is 2.67. The lowest BCUT2D eigenvalue weighted by atomic mass is 10.1. The molecule has 0 aromatic rings. The molecule has 0 radical (unpaired) electrons. The van der Waals surface area contributed by atoms with Gasteiger partial charge in [0, 0.05) is 25.7 Å². The standard InChI is InChI=1S/C10H17F3N2O/c11-10(12,13)9-6-14-3-1-4-15(9)8-2-5-16-7-8/h8-9,14H,1-7H2. The summed E-state index contributed by atoms with van der Waals surface area (Å²) in [6, 6.07) is -1.42. The van der Waals surface area contributed by atoms with Gasteiger partial charge >= 0.3 is 6.18 Å². The Labute approximate surface area is 92.9 Å². The van der Waals surface area contributed by atoms with Gasteiger partial charge in [0.05, 0.1) is 6.61 Å². The van der Waals surface area contributed by atoms with Gasteiger partial charge in [-0.3, -0.25) is 4.90 Å². The van der Waals surface area contributed by atoms with Gasteiger partial charge in [-0.25, -0.2) is 0 Å². The maximum absolute atomic E-state index is 12.9. The minimum absolute atomic E-state index is 0. The van der Waals surface area contributed by atoms with E-state index in [0.29, 0.717) is 32.7 Å². The van der Waals surface area contributed by atoms with Crippen LogP contribution in [0.2, 0.25) is 0 Å². The highest BCUT2D eigenvalue weighted by Crippen LogP contribution is 2.29. The molecule has 2 saturated heterocycles. The first kappa shape index (κ1) is 12.1. The van der Waals surface area contributed by atoms with Gasteiger partial charge in [0.15, 0.2) is 0 Å². The number of hydrogen-bond donors (Lipinski definition) is 1. The summed E-state index contributed by atoms with van der Waals surface area (Å²) in [7, 11) is 0. The molecule has 0 aromatic heterocycles. The summed E-state index contributed by atoms with van der Waals surface area (Å²) in [4.78, 5) is 1.58. The Hall–Kier alpha value is -0.330. The predicted octanol–water partition coefficient (Wildman–Crippen LogP) is 1.00. The van der Waals surface area contributed by atoms with Crippen molar-refractivity contribution in [2.24, 2.45) is 0 Å². The van der Waals surface area contributed by atoms with E-state index >= 15 is 0 Å². The number of halogens is 3. The lowest BCUT2D eigenvalue weighted by Crippen LogP contribution is -2.53. The number of nitrogens with zero attached hydrogens (tertiary/aromatic N) is 1. The molecule has 2 heterocycles. The molecule has 2 fully saturated rings. The molecule has 2 rings (SSSR count). The highest BCUT2D eigenvalue weighted by atomic mass is 19.4. The molecule has 0 saturated carbocycles. The fraction of sp³-hybridized carbons (Fsp3) is 1.00. The lowest BCUT2D eigenvalue weighted by Gasteiger charge is -2.35. The van der Waals surface area contributed by atoms with Gasteiger partial charge in [0.25, 0.3) is 0 Å². The van der Waals surface area contributed by atoms with Crippen LogP contribution in [0.5, 0.6) is 0 Å². The van der Waals surface area contributed by atoms with E-state index in [4.69, 9.17) is 4.74 Å². The maximum Gasteiger partial charge on any atom is 0.405 e. The molecule has 16 heavy (non-hydrogen) atoms. The molecule has 2 unspecified atom stereocenters. The molecule has 2 aliphatic heterocycles. The van der Waals surface area contributed by atoms with E-state index in [1.54, 1.807) is 4.90 Å². The highest BCUT2D eigenvalue weighted by Gasteiger charge is 2.46. The topological polar surface area (TPSA) is 24.5 Å². The van der Waals surface area contributed by atoms with Crippen molar-refractivity contribution in [2.75, 3.05) is 32.8 Å². The first-order valence-electron chi connectivity index (χ1n) is 5.70. The molecule has 3 nitrogen and oxygen atoms in total. The van der Waals surface area contributed by atoms with Gasteiger partial charge in [-0.05, 0) is 19.4 Å². The predicted molar refractivity (Wildman–Crippen MR) is 53.3 cm³/mol. The Kier molecular flexibility index (Phi) is 3.71. The SMILES string of the molecule is FC(F)(F)C1CNCCCN1C1CCOC1. The molecular weight excluding hydrogens is 221 g/mol. The molecule has 0 aliphatic carbocycles. The molecule has 0 bridgehead atoms. The second kappa shape index (κ2) is 4.89. The average molecular weight is 238 g/mol. The Morgan fingerprint density at radius 2 is 2.12 bits per heavy atom. The highest BCUT2D eigenvalue weighted by molar-refractivity contribution is 4.89. The molecule has 94 valence electrons. The van der Waals surface area contributed by atoms with E-state index in [1.165, 1.54) is 0 Å². The Morgan fingerprint density at radius 3 is 2.75 bits per heavy atom. The molecule has 2 atom stereocenters. The zero-order valence-electron chi connectivity index (χ0n) is 9.09. The van der Waals surface area contributed by atoms with Crippen LogP contribution in [0.4, 0.5) is 13.2 Å². The van der Waals surface area contributed by atoms with Crippen LogP contribution in [0.3, 0.4) is 0 Å². The van der Waals surface area contributed by atoms with Crippen molar-refractivity contribution in [3.63, 3.8) is 0 Å². The maximum atomic E-state index is 12.9. The van der Waals surface area contributed by atoms with E-state index in [0.717, 1.165) is 6.42 Å².